The molecule has 3 rings (SSSR count). The van der Waals surface area contributed by atoms with Crippen molar-refractivity contribution in [2.75, 3.05) is 6.54 Å². The molecular weight excluding hydrogens is 191 g/mol. The molecule has 3 aliphatic rings. The van der Waals surface area contributed by atoms with E-state index < -0.39 is 11.7 Å². The second kappa shape index (κ2) is 2.77. The molecule has 72 valence electrons. The van der Waals surface area contributed by atoms with Gasteiger partial charge in [-0.2, -0.15) is 13.2 Å². The summed E-state index contributed by atoms with van der Waals surface area (Å²) >= 11 is 0. The second-order valence-corrected chi connectivity index (χ2v) is 3.57. The lowest BCUT2D eigenvalue weighted by atomic mass is 9.63. The fourth-order valence-electron chi connectivity index (χ4n) is 2.12. The number of halogens is 4. The van der Waals surface area contributed by atoms with Gasteiger partial charge in [-0.15, -0.1) is 12.4 Å². The first-order valence-electron chi connectivity index (χ1n) is 3.85. The lowest BCUT2D eigenvalue weighted by Crippen LogP contribution is -2.68. The SMILES string of the molecule is Cl.FC(F)(F)C12CC(CCN1)C2. The van der Waals surface area contributed by atoms with E-state index in [0.717, 1.165) is 6.42 Å². The molecule has 2 heterocycles. The molecule has 1 saturated carbocycles. The van der Waals surface area contributed by atoms with Gasteiger partial charge in [-0.1, -0.05) is 0 Å². The first-order chi connectivity index (χ1) is 5.04. The maximum absolute atomic E-state index is 12.3. The van der Waals surface area contributed by atoms with E-state index in [-0.39, 0.29) is 12.4 Å². The monoisotopic (exact) mass is 201 g/mol. The number of rotatable bonds is 0. The zero-order chi connectivity index (χ0) is 8.11. The summed E-state index contributed by atoms with van der Waals surface area (Å²) in [7, 11) is 0. The number of nitrogens with one attached hydrogen (secondary N) is 1. The summed E-state index contributed by atoms with van der Waals surface area (Å²) in [6, 6.07) is 0. The molecule has 0 atom stereocenters. The Kier molecular flexibility index (Phi) is 2.34. The summed E-state index contributed by atoms with van der Waals surface area (Å²) < 4.78 is 36.9. The van der Waals surface area contributed by atoms with Crippen molar-refractivity contribution in [3.05, 3.63) is 0 Å². The molecule has 2 aliphatic heterocycles. The summed E-state index contributed by atoms with van der Waals surface area (Å²) in [5.74, 6) is 0.331. The van der Waals surface area contributed by atoms with Crippen molar-refractivity contribution in [3.63, 3.8) is 0 Å². The maximum Gasteiger partial charge on any atom is 0.406 e. The van der Waals surface area contributed by atoms with Gasteiger partial charge in [0.25, 0.3) is 0 Å². The summed E-state index contributed by atoms with van der Waals surface area (Å²) in [5.41, 5.74) is -1.49. The van der Waals surface area contributed by atoms with Gasteiger partial charge in [0.1, 0.15) is 5.54 Å². The molecule has 1 N–H and O–H groups in total. The highest BCUT2D eigenvalue weighted by atomic mass is 35.5. The van der Waals surface area contributed by atoms with Crippen LogP contribution in [-0.2, 0) is 0 Å². The first-order valence-corrected chi connectivity index (χ1v) is 3.85. The van der Waals surface area contributed by atoms with Gasteiger partial charge < -0.3 is 5.32 Å². The Morgan fingerprint density at radius 3 is 2.08 bits per heavy atom. The van der Waals surface area contributed by atoms with Crippen molar-refractivity contribution in [1.29, 1.82) is 0 Å². The van der Waals surface area contributed by atoms with Gasteiger partial charge >= 0.3 is 6.18 Å². The molecule has 5 heteroatoms. The van der Waals surface area contributed by atoms with E-state index in [9.17, 15) is 13.2 Å². The molecule has 0 aromatic rings. The Morgan fingerprint density at radius 1 is 1.25 bits per heavy atom. The largest absolute Gasteiger partial charge is 0.406 e. The van der Waals surface area contributed by atoms with Gasteiger partial charge in [0.2, 0.25) is 0 Å². The lowest BCUT2D eigenvalue weighted by Gasteiger charge is -2.53. The molecule has 0 radical (unpaired) electrons. The van der Waals surface area contributed by atoms with Crippen LogP contribution in [0.2, 0.25) is 0 Å². The van der Waals surface area contributed by atoms with Gasteiger partial charge in [0.15, 0.2) is 0 Å². The van der Waals surface area contributed by atoms with Crippen molar-refractivity contribution in [2.24, 2.45) is 5.92 Å². The van der Waals surface area contributed by atoms with Crippen LogP contribution in [-0.4, -0.2) is 18.3 Å². The molecule has 0 amide bonds. The molecule has 0 aromatic heterocycles. The van der Waals surface area contributed by atoms with E-state index in [1.807, 2.05) is 0 Å². The van der Waals surface area contributed by atoms with Crippen molar-refractivity contribution in [2.45, 2.75) is 31.0 Å². The van der Waals surface area contributed by atoms with Crippen LogP contribution >= 0.6 is 12.4 Å². The fourth-order valence-corrected chi connectivity index (χ4v) is 2.12. The van der Waals surface area contributed by atoms with Crippen LogP contribution in [0.5, 0.6) is 0 Å². The van der Waals surface area contributed by atoms with E-state index in [0.29, 0.717) is 25.3 Å². The normalized spacial score (nSPS) is 39.8. The minimum Gasteiger partial charge on any atom is -0.304 e. The fraction of sp³-hybridized carbons (Fsp3) is 1.00. The van der Waals surface area contributed by atoms with E-state index in [2.05, 4.69) is 5.32 Å². The van der Waals surface area contributed by atoms with Gasteiger partial charge in [-0.25, -0.2) is 0 Å². The highest BCUT2D eigenvalue weighted by Gasteiger charge is 2.63. The first kappa shape index (κ1) is 10.1. The Balaban J connectivity index is 0.000000720. The molecule has 1 nitrogen and oxygen atoms in total. The van der Waals surface area contributed by atoms with Crippen molar-refractivity contribution in [3.8, 4) is 0 Å². The molecule has 2 saturated heterocycles. The average molecular weight is 202 g/mol. The molecule has 2 bridgehead atoms. The van der Waals surface area contributed by atoms with Crippen molar-refractivity contribution >= 4 is 12.4 Å². The van der Waals surface area contributed by atoms with Crippen LogP contribution in [0.15, 0.2) is 0 Å². The topological polar surface area (TPSA) is 12.0 Å². The van der Waals surface area contributed by atoms with E-state index in [1.54, 1.807) is 0 Å². The number of fused-ring (bicyclic) bond motifs is 2. The zero-order valence-corrected chi connectivity index (χ0v) is 7.26. The Morgan fingerprint density at radius 2 is 1.83 bits per heavy atom. The quantitative estimate of drug-likeness (QED) is 0.633. The van der Waals surface area contributed by atoms with Crippen LogP contribution < -0.4 is 5.32 Å². The predicted molar refractivity (Wildman–Crippen MR) is 41.4 cm³/mol. The summed E-state index contributed by atoms with van der Waals surface area (Å²) in [6.07, 6.45) is -2.52. The molecular formula is C7H11ClF3N. The number of alkyl halides is 3. The molecule has 0 unspecified atom stereocenters. The summed E-state index contributed by atoms with van der Waals surface area (Å²) in [4.78, 5) is 0. The van der Waals surface area contributed by atoms with Crippen LogP contribution in [0.25, 0.3) is 0 Å². The third-order valence-electron chi connectivity index (χ3n) is 2.83. The minimum absolute atomic E-state index is 0. The molecule has 0 aromatic carbocycles. The third-order valence-corrected chi connectivity index (χ3v) is 2.83. The minimum atomic E-state index is -4.04. The maximum atomic E-state index is 12.3. The number of hydrogen-bond donors (Lipinski definition) is 1. The summed E-state index contributed by atoms with van der Waals surface area (Å²) in [5, 5.41) is 2.58. The van der Waals surface area contributed by atoms with Crippen LogP contribution in [0.1, 0.15) is 19.3 Å². The van der Waals surface area contributed by atoms with Gasteiger partial charge in [-0.3, -0.25) is 0 Å². The van der Waals surface area contributed by atoms with Crippen LogP contribution in [0, 0.1) is 5.92 Å². The highest BCUT2D eigenvalue weighted by Crippen LogP contribution is 2.51. The molecule has 1 aliphatic carbocycles. The number of hydrogen-bond acceptors (Lipinski definition) is 1. The Bertz CT molecular complexity index is 168. The highest BCUT2D eigenvalue weighted by molar-refractivity contribution is 5.85. The third kappa shape index (κ3) is 1.21. The van der Waals surface area contributed by atoms with Crippen LogP contribution in [0.3, 0.4) is 0 Å². The van der Waals surface area contributed by atoms with Crippen LogP contribution in [0.4, 0.5) is 13.2 Å². The standard InChI is InChI=1S/C7H10F3N.ClH/c8-7(9,10)6-3-5(4-6)1-2-11-6;/h5,11H,1-4H2;1H. The average Bonchev–Trinajstić information content (AvgIpc) is 1.85. The number of piperidine rings is 2. The van der Waals surface area contributed by atoms with Crippen molar-refractivity contribution < 1.29 is 13.2 Å². The van der Waals surface area contributed by atoms with Gasteiger partial charge in [0, 0.05) is 0 Å². The molecule has 12 heavy (non-hydrogen) atoms. The predicted octanol–water partition coefficient (Wildman–Crippen LogP) is 2.11. The van der Waals surface area contributed by atoms with E-state index in [4.69, 9.17) is 0 Å². The Hall–Kier alpha value is 0.0400. The lowest BCUT2D eigenvalue weighted by molar-refractivity contribution is -0.240. The molecule has 0 spiro atoms. The second-order valence-electron chi connectivity index (χ2n) is 3.57. The smallest absolute Gasteiger partial charge is 0.304 e. The molecule has 3 fully saturated rings. The Labute approximate surface area is 75.1 Å². The van der Waals surface area contributed by atoms with Gasteiger partial charge in [0.05, 0.1) is 0 Å². The zero-order valence-electron chi connectivity index (χ0n) is 6.45. The van der Waals surface area contributed by atoms with Crippen molar-refractivity contribution in [1.82, 2.24) is 5.32 Å². The summed E-state index contributed by atoms with van der Waals surface area (Å²) in [6.45, 7) is 0.532. The van der Waals surface area contributed by atoms with E-state index in [1.165, 1.54) is 0 Å². The van der Waals surface area contributed by atoms with E-state index >= 15 is 0 Å². The van der Waals surface area contributed by atoms with Gasteiger partial charge in [-0.05, 0) is 31.7 Å².